The molecule has 2 unspecified atom stereocenters. The van der Waals surface area contributed by atoms with Crippen LogP contribution in [-0.2, 0) is 4.79 Å². The minimum Gasteiger partial charge on any atom is -0.497 e. The van der Waals surface area contributed by atoms with Gasteiger partial charge in [0.15, 0.2) is 0 Å². The maximum Gasteiger partial charge on any atom is 0.220 e. The lowest BCUT2D eigenvalue weighted by Gasteiger charge is -2.13. The molecule has 0 aromatic heterocycles. The largest absolute Gasteiger partial charge is 0.497 e. The maximum atomic E-state index is 11.8. The standard InChI is InChI=1S/C15H24N2O2.ClH/c1-11(10-15(18)17-9-8-12(2)16)13-4-6-14(19-3)7-5-13;/h4-7,11-12H,8-10,16H2,1-3H3,(H,17,18);1H. The van der Waals surface area contributed by atoms with E-state index in [1.165, 1.54) is 0 Å². The van der Waals surface area contributed by atoms with E-state index in [2.05, 4.69) is 5.32 Å². The number of halogens is 1. The SMILES string of the molecule is COc1ccc(C(C)CC(=O)NCCC(C)N)cc1.Cl. The number of rotatable bonds is 7. The van der Waals surface area contributed by atoms with Gasteiger partial charge in [0.2, 0.25) is 5.91 Å². The molecule has 1 rings (SSSR count). The van der Waals surface area contributed by atoms with E-state index in [4.69, 9.17) is 10.5 Å². The number of nitrogens with two attached hydrogens (primary N) is 1. The number of carbonyl (C=O) groups excluding carboxylic acids is 1. The zero-order chi connectivity index (χ0) is 14.3. The first-order valence-electron chi connectivity index (χ1n) is 6.69. The van der Waals surface area contributed by atoms with Crippen LogP contribution in [0, 0.1) is 0 Å². The minimum absolute atomic E-state index is 0. The topological polar surface area (TPSA) is 64.3 Å². The van der Waals surface area contributed by atoms with Crippen molar-refractivity contribution in [2.45, 2.75) is 38.6 Å². The summed E-state index contributed by atoms with van der Waals surface area (Å²) in [5, 5.41) is 2.89. The van der Waals surface area contributed by atoms with Crippen molar-refractivity contribution in [1.82, 2.24) is 5.32 Å². The van der Waals surface area contributed by atoms with E-state index in [0.29, 0.717) is 13.0 Å². The van der Waals surface area contributed by atoms with Crippen LogP contribution >= 0.6 is 12.4 Å². The van der Waals surface area contributed by atoms with E-state index in [9.17, 15) is 4.79 Å². The lowest BCUT2D eigenvalue weighted by atomic mass is 9.97. The summed E-state index contributed by atoms with van der Waals surface area (Å²) in [5.41, 5.74) is 6.78. The molecule has 3 N–H and O–H groups in total. The number of carbonyl (C=O) groups is 1. The van der Waals surface area contributed by atoms with Crippen molar-refractivity contribution in [2.75, 3.05) is 13.7 Å². The normalized spacial score (nSPS) is 13.0. The highest BCUT2D eigenvalue weighted by Crippen LogP contribution is 2.21. The quantitative estimate of drug-likeness (QED) is 0.813. The summed E-state index contributed by atoms with van der Waals surface area (Å²) in [6.45, 7) is 4.63. The lowest BCUT2D eigenvalue weighted by Crippen LogP contribution is -2.29. The monoisotopic (exact) mass is 300 g/mol. The molecule has 0 heterocycles. The van der Waals surface area contributed by atoms with E-state index in [1.54, 1.807) is 7.11 Å². The number of ether oxygens (including phenoxy) is 1. The molecular formula is C15H25ClN2O2. The first kappa shape index (κ1) is 18.7. The first-order chi connectivity index (χ1) is 9.02. The molecule has 114 valence electrons. The van der Waals surface area contributed by atoms with Crippen molar-refractivity contribution in [3.05, 3.63) is 29.8 Å². The second-order valence-corrected chi connectivity index (χ2v) is 4.99. The van der Waals surface area contributed by atoms with Crippen LogP contribution in [0.5, 0.6) is 5.75 Å². The van der Waals surface area contributed by atoms with Crippen LogP contribution in [0.4, 0.5) is 0 Å². The number of methoxy groups -OCH3 is 1. The van der Waals surface area contributed by atoms with Crippen molar-refractivity contribution in [3.8, 4) is 5.75 Å². The van der Waals surface area contributed by atoms with E-state index < -0.39 is 0 Å². The number of hydrogen-bond acceptors (Lipinski definition) is 3. The molecule has 0 fully saturated rings. The summed E-state index contributed by atoms with van der Waals surface area (Å²) in [6, 6.07) is 7.95. The predicted molar refractivity (Wildman–Crippen MR) is 84.6 cm³/mol. The van der Waals surface area contributed by atoms with Crippen molar-refractivity contribution in [3.63, 3.8) is 0 Å². The van der Waals surface area contributed by atoms with Gasteiger partial charge in [-0.05, 0) is 37.0 Å². The van der Waals surface area contributed by atoms with Crippen LogP contribution in [0.3, 0.4) is 0 Å². The Morgan fingerprint density at radius 2 is 1.90 bits per heavy atom. The summed E-state index contributed by atoms with van der Waals surface area (Å²) in [5.74, 6) is 1.10. The van der Waals surface area contributed by atoms with Crippen molar-refractivity contribution in [2.24, 2.45) is 5.73 Å². The van der Waals surface area contributed by atoms with Crippen molar-refractivity contribution < 1.29 is 9.53 Å². The van der Waals surface area contributed by atoms with Crippen LogP contribution in [0.25, 0.3) is 0 Å². The van der Waals surface area contributed by atoms with Crippen LogP contribution in [-0.4, -0.2) is 25.6 Å². The highest BCUT2D eigenvalue weighted by molar-refractivity contribution is 5.85. The Labute approximate surface area is 127 Å². The molecule has 1 aromatic rings. The Hall–Kier alpha value is -1.26. The molecule has 0 bridgehead atoms. The second kappa shape index (κ2) is 9.61. The average Bonchev–Trinajstić information content (AvgIpc) is 2.38. The molecule has 1 amide bonds. The Bertz CT molecular complexity index is 393. The van der Waals surface area contributed by atoms with E-state index >= 15 is 0 Å². The molecule has 0 aliphatic heterocycles. The fraction of sp³-hybridized carbons (Fsp3) is 0.533. The van der Waals surface area contributed by atoms with Crippen LogP contribution in [0.2, 0.25) is 0 Å². The summed E-state index contributed by atoms with van der Waals surface area (Å²) < 4.78 is 5.11. The summed E-state index contributed by atoms with van der Waals surface area (Å²) in [6.07, 6.45) is 1.30. The fourth-order valence-electron chi connectivity index (χ4n) is 1.84. The van der Waals surface area contributed by atoms with Gasteiger partial charge in [0.25, 0.3) is 0 Å². The minimum atomic E-state index is 0. The number of nitrogens with one attached hydrogen (secondary N) is 1. The Morgan fingerprint density at radius 3 is 2.40 bits per heavy atom. The molecule has 0 aliphatic rings. The van der Waals surface area contributed by atoms with E-state index in [-0.39, 0.29) is 30.3 Å². The van der Waals surface area contributed by atoms with Gasteiger partial charge in [0.1, 0.15) is 5.75 Å². The molecule has 4 nitrogen and oxygen atoms in total. The summed E-state index contributed by atoms with van der Waals surface area (Å²) >= 11 is 0. The zero-order valence-corrected chi connectivity index (χ0v) is 13.2. The average molecular weight is 301 g/mol. The van der Waals surface area contributed by atoms with Gasteiger partial charge in [-0.25, -0.2) is 0 Å². The third kappa shape index (κ3) is 6.78. The molecule has 0 radical (unpaired) electrons. The summed E-state index contributed by atoms with van der Waals surface area (Å²) in [7, 11) is 1.64. The Balaban J connectivity index is 0.00000361. The van der Waals surface area contributed by atoms with Gasteiger partial charge in [-0.15, -0.1) is 12.4 Å². The third-order valence-electron chi connectivity index (χ3n) is 3.10. The van der Waals surface area contributed by atoms with E-state index in [1.807, 2.05) is 38.1 Å². The highest BCUT2D eigenvalue weighted by Gasteiger charge is 2.11. The van der Waals surface area contributed by atoms with E-state index in [0.717, 1.165) is 17.7 Å². The van der Waals surface area contributed by atoms with Gasteiger partial charge < -0.3 is 15.8 Å². The van der Waals surface area contributed by atoms with Crippen LogP contribution in [0.1, 0.15) is 38.2 Å². The molecule has 1 aromatic carbocycles. The van der Waals surface area contributed by atoms with Crippen molar-refractivity contribution in [1.29, 1.82) is 0 Å². The molecule has 0 saturated heterocycles. The molecule has 0 spiro atoms. The van der Waals surface area contributed by atoms with Crippen molar-refractivity contribution >= 4 is 18.3 Å². The molecule has 0 saturated carbocycles. The fourth-order valence-corrected chi connectivity index (χ4v) is 1.84. The second-order valence-electron chi connectivity index (χ2n) is 4.99. The number of amides is 1. The third-order valence-corrected chi connectivity index (χ3v) is 3.10. The first-order valence-corrected chi connectivity index (χ1v) is 6.69. The van der Waals surface area contributed by atoms with Gasteiger partial charge in [-0.2, -0.15) is 0 Å². The predicted octanol–water partition coefficient (Wildman–Crippen LogP) is 2.46. The smallest absolute Gasteiger partial charge is 0.220 e. The summed E-state index contributed by atoms with van der Waals surface area (Å²) in [4.78, 5) is 11.8. The van der Waals surface area contributed by atoms with Gasteiger partial charge in [-0.1, -0.05) is 19.1 Å². The van der Waals surface area contributed by atoms with Crippen LogP contribution < -0.4 is 15.8 Å². The molecule has 5 heteroatoms. The van der Waals surface area contributed by atoms with Gasteiger partial charge in [0, 0.05) is 19.0 Å². The maximum absolute atomic E-state index is 11.8. The number of hydrogen-bond donors (Lipinski definition) is 2. The van der Waals surface area contributed by atoms with Crippen LogP contribution in [0.15, 0.2) is 24.3 Å². The molecular weight excluding hydrogens is 276 g/mol. The number of benzene rings is 1. The van der Waals surface area contributed by atoms with Gasteiger partial charge in [-0.3, -0.25) is 4.79 Å². The molecule has 2 atom stereocenters. The van der Waals surface area contributed by atoms with Gasteiger partial charge in [0.05, 0.1) is 7.11 Å². The lowest BCUT2D eigenvalue weighted by molar-refractivity contribution is -0.121. The zero-order valence-electron chi connectivity index (χ0n) is 12.4. The Morgan fingerprint density at radius 1 is 1.30 bits per heavy atom. The molecule has 0 aliphatic carbocycles. The Kier molecular flexibility index (Phi) is 9.01. The highest BCUT2D eigenvalue weighted by atomic mass is 35.5. The van der Waals surface area contributed by atoms with Gasteiger partial charge >= 0.3 is 0 Å². The molecule has 20 heavy (non-hydrogen) atoms.